The molecule has 3 heteroatoms. The minimum Gasteiger partial charge on any atom is -0.228 e. The topological polar surface area (TPSA) is 25.8 Å². The molecule has 1 aliphatic rings. The van der Waals surface area contributed by atoms with Crippen LogP contribution in [-0.4, -0.2) is 9.97 Å². The van der Waals surface area contributed by atoms with Gasteiger partial charge in [0, 0.05) is 42.3 Å². The standard InChI is InChI=1S/C49H34N2S/c1-49(2)42-19-11-9-17-38(42)39-23-21-34(29-43(39)49)44-30-45(51-48(50-44)32-15-7-4-8-16-32)37-26-35(31-13-5-3-6-14-31)25-36(27-37)33-22-24-47-41(28-33)40-18-10-12-20-46(40)52-47/h3-30H,1-2H3/i4D,7D,8D,15D,16D. The molecule has 10 rings (SSSR count). The fraction of sp³-hybridized carbons (Fsp3) is 0.0612. The molecule has 0 spiro atoms. The van der Waals surface area contributed by atoms with Crippen molar-refractivity contribution < 1.29 is 6.85 Å². The Morgan fingerprint density at radius 3 is 1.96 bits per heavy atom. The smallest absolute Gasteiger partial charge is 0.160 e. The normalized spacial score (nSPS) is 14.3. The quantitative estimate of drug-likeness (QED) is 0.180. The van der Waals surface area contributed by atoms with E-state index in [4.69, 9.17) is 16.8 Å². The summed E-state index contributed by atoms with van der Waals surface area (Å²) in [5, 5.41) is 2.43. The van der Waals surface area contributed by atoms with Crippen LogP contribution < -0.4 is 0 Å². The molecule has 0 aliphatic heterocycles. The van der Waals surface area contributed by atoms with E-state index < -0.39 is 18.1 Å². The van der Waals surface area contributed by atoms with Gasteiger partial charge in [-0.25, -0.2) is 9.97 Å². The molecule has 2 nitrogen and oxygen atoms in total. The number of fused-ring (bicyclic) bond motifs is 6. The average molecular weight is 688 g/mol. The van der Waals surface area contributed by atoms with E-state index >= 15 is 0 Å². The van der Waals surface area contributed by atoms with Crippen molar-refractivity contribution in [1.29, 1.82) is 0 Å². The molecule has 0 saturated carbocycles. The molecule has 0 amide bonds. The van der Waals surface area contributed by atoms with E-state index in [1.54, 1.807) is 11.3 Å². The fourth-order valence-electron chi connectivity index (χ4n) is 7.73. The molecule has 0 bridgehead atoms. The van der Waals surface area contributed by atoms with E-state index in [0.29, 0.717) is 11.4 Å². The molecule has 246 valence electrons. The summed E-state index contributed by atoms with van der Waals surface area (Å²) in [6.45, 7) is 4.47. The van der Waals surface area contributed by atoms with E-state index in [1.165, 1.54) is 42.4 Å². The largest absolute Gasteiger partial charge is 0.228 e. The molecule has 0 saturated heterocycles. The Balaban J connectivity index is 1.22. The first-order valence-corrected chi connectivity index (χ1v) is 18.2. The number of hydrogen-bond donors (Lipinski definition) is 0. The zero-order valence-electron chi connectivity index (χ0n) is 33.6. The van der Waals surface area contributed by atoms with Crippen LogP contribution in [0.3, 0.4) is 0 Å². The van der Waals surface area contributed by atoms with Crippen molar-refractivity contribution in [2.45, 2.75) is 19.3 Å². The summed E-state index contributed by atoms with van der Waals surface area (Å²) in [7, 11) is 0. The second-order valence-corrected chi connectivity index (χ2v) is 15.0. The maximum Gasteiger partial charge on any atom is 0.160 e. The van der Waals surface area contributed by atoms with Gasteiger partial charge in [0.05, 0.1) is 18.2 Å². The lowest BCUT2D eigenvalue weighted by Crippen LogP contribution is -2.14. The highest BCUT2D eigenvalue weighted by atomic mass is 32.1. The molecule has 52 heavy (non-hydrogen) atoms. The van der Waals surface area contributed by atoms with Crippen LogP contribution in [0.5, 0.6) is 0 Å². The molecule has 9 aromatic rings. The highest BCUT2D eigenvalue weighted by Crippen LogP contribution is 2.49. The molecular formula is C49H34N2S. The van der Waals surface area contributed by atoms with Gasteiger partial charge in [0.15, 0.2) is 5.82 Å². The van der Waals surface area contributed by atoms with Crippen LogP contribution in [0.4, 0.5) is 0 Å². The number of aromatic nitrogens is 2. The zero-order valence-corrected chi connectivity index (χ0v) is 29.4. The third-order valence-corrected chi connectivity index (χ3v) is 11.5. The van der Waals surface area contributed by atoms with Crippen molar-refractivity contribution >= 4 is 31.5 Å². The number of nitrogens with zero attached hydrogens (tertiary/aromatic N) is 2. The van der Waals surface area contributed by atoms with Crippen LogP contribution in [0.1, 0.15) is 31.8 Å². The van der Waals surface area contributed by atoms with Crippen molar-refractivity contribution in [2.75, 3.05) is 0 Å². The maximum absolute atomic E-state index is 8.90. The third kappa shape index (κ3) is 5.08. The Morgan fingerprint density at radius 1 is 0.462 bits per heavy atom. The van der Waals surface area contributed by atoms with Crippen LogP contribution in [0, 0.1) is 0 Å². The predicted molar refractivity (Wildman–Crippen MR) is 220 cm³/mol. The first kappa shape index (κ1) is 25.7. The number of thiophene rings is 1. The van der Waals surface area contributed by atoms with E-state index in [9.17, 15) is 0 Å². The van der Waals surface area contributed by atoms with E-state index in [-0.39, 0.29) is 28.9 Å². The van der Waals surface area contributed by atoms with Crippen LogP contribution in [0.25, 0.3) is 87.5 Å². The molecule has 0 N–H and O–H groups in total. The van der Waals surface area contributed by atoms with Gasteiger partial charge in [-0.2, -0.15) is 0 Å². The summed E-state index contributed by atoms with van der Waals surface area (Å²) >= 11 is 1.79. The summed E-state index contributed by atoms with van der Waals surface area (Å²) in [5.41, 5.74) is 11.5. The summed E-state index contributed by atoms with van der Waals surface area (Å²) in [6.07, 6.45) is 0. The van der Waals surface area contributed by atoms with Crippen molar-refractivity contribution in [3.8, 4) is 67.3 Å². The average Bonchev–Trinajstić information content (AvgIpc) is 3.73. The lowest BCUT2D eigenvalue weighted by atomic mass is 9.82. The second-order valence-electron chi connectivity index (χ2n) is 13.9. The molecule has 0 atom stereocenters. The van der Waals surface area contributed by atoms with Gasteiger partial charge in [-0.1, -0.05) is 135 Å². The first-order valence-electron chi connectivity index (χ1n) is 19.9. The van der Waals surface area contributed by atoms with Gasteiger partial charge in [-0.05, 0) is 93.0 Å². The molecule has 0 fully saturated rings. The molecule has 0 unspecified atom stereocenters. The van der Waals surface area contributed by atoms with Gasteiger partial charge in [0.25, 0.3) is 0 Å². The monoisotopic (exact) mass is 687 g/mol. The van der Waals surface area contributed by atoms with Crippen LogP contribution in [0.15, 0.2) is 170 Å². The summed E-state index contributed by atoms with van der Waals surface area (Å²) < 4.78 is 45.5. The molecule has 2 heterocycles. The van der Waals surface area contributed by atoms with Gasteiger partial charge in [-0.3, -0.25) is 0 Å². The Morgan fingerprint density at radius 2 is 1.12 bits per heavy atom. The molecular weight excluding hydrogens is 649 g/mol. The van der Waals surface area contributed by atoms with Crippen LogP contribution in [-0.2, 0) is 5.41 Å². The van der Waals surface area contributed by atoms with Crippen molar-refractivity contribution in [3.63, 3.8) is 0 Å². The van der Waals surface area contributed by atoms with Crippen LogP contribution >= 0.6 is 11.3 Å². The Labute approximate surface area is 314 Å². The maximum atomic E-state index is 8.90. The summed E-state index contributed by atoms with van der Waals surface area (Å²) in [6, 6.07) is 46.6. The Hall–Kier alpha value is -6.16. The minimum absolute atomic E-state index is 0.0350. The van der Waals surface area contributed by atoms with E-state index in [1.807, 2.05) is 24.3 Å². The van der Waals surface area contributed by atoms with Gasteiger partial charge < -0.3 is 0 Å². The fourth-order valence-corrected chi connectivity index (χ4v) is 8.81. The highest BCUT2D eigenvalue weighted by Gasteiger charge is 2.35. The van der Waals surface area contributed by atoms with Gasteiger partial charge >= 0.3 is 0 Å². The van der Waals surface area contributed by atoms with Gasteiger partial charge in [0.1, 0.15) is 0 Å². The predicted octanol–water partition coefficient (Wildman–Crippen LogP) is 13.5. The lowest BCUT2D eigenvalue weighted by Gasteiger charge is -2.22. The van der Waals surface area contributed by atoms with E-state index in [2.05, 4.69) is 129 Å². The SMILES string of the molecule is [2H]c1c([2H])c([2H])c(-c2nc(-c3cc(-c4ccccc4)cc(-c4ccc5sc6ccccc6c5c4)c3)cc(-c3ccc4c(c3)C(C)(C)c3ccccc3-4)n2)c([2H])c1[2H]. The molecule has 0 radical (unpaired) electrons. The van der Waals surface area contributed by atoms with Gasteiger partial charge in [-0.15, -0.1) is 11.3 Å². The summed E-state index contributed by atoms with van der Waals surface area (Å²) in [5.74, 6) is 0.0698. The Bertz CT molecular complexity index is 3090. The van der Waals surface area contributed by atoms with Gasteiger partial charge in [0.2, 0.25) is 0 Å². The van der Waals surface area contributed by atoms with Crippen molar-refractivity contribution in [3.05, 3.63) is 181 Å². The Kier molecular flexibility index (Phi) is 5.93. The summed E-state index contributed by atoms with van der Waals surface area (Å²) in [4.78, 5) is 10.0. The molecule has 2 aromatic heterocycles. The van der Waals surface area contributed by atoms with Crippen molar-refractivity contribution in [1.82, 2.24) is 9.97 Å². The van der Waals surface area contributed by atoms with Crippen LogP contribution in [0.2, 0.25) is 0 Å². The number of benzene rings is 7. The number of rotatable bonds is 5. The lowest BCUT2D eigenvalue weighted by molar-refractivity contribution is 0.660. The zero-order chi connectivity index (χ0) is 39.2. The molecule has 7 aromatic carbocycles. The number of hydrogen-bond acceptors (Lipinski definition) is 3. The van der Waals surface area contributed by atoms with E-state index in [0.717, 1.165) is 33.4 Å². The third-order valence-electron chi connectivity index (χ3n) is 10.4. The minimum atomic E-state index is -0.457. The van der Waals surface area contributed by atoms with Crippen molar-refractivity contribution in [2.24, 2.45) is 0 Å². The first-order chi connectivity index (χ1) is 27.6. The highest BCUT2D eigenvalue weighted by molar-refractivity contribution is 7.25. The second kappa shape index (κ2) is 12.0. The molecule has 1 aliphatic carbocycles.